The normalized spacial score (nSPS) is 11.5. The molecule has 0 radical (unpaired) electrons. The van der Waals surface area contributed by atoms with Crippen LogP contribution in [0.5, 0.6) is 0 Å². The molecule has 0 fully saturated rings. The van der Waals surface area contributed by atoms with Gasteiger partial charge in [-0.05, 0) is 42.7 Å². The van der Waals surface area contributed by atoms with Gasteiger partial charge in [0.1, 0.15) is 5.76 Å². The quantitative estimate of drug-likeness (QED) is 0.599. The smallest absolute Gasteiger partial charge is 0.330 e. The number of carbonyl (C=O) groups excluding carboxylic acids is 2. The van der Waals surface area contributed by atoms with Gasteiger partial charge in [-0.25, -0.2) is 9.59 Å². The Kier molecular flexibility index (Phi) is 6.37. The van der Waals surface area contributed by atoms with Crippen molar-refractivity contribution in [2.75, 3.05) is 6.54 Å². The number of benzene rings is 1. The van der Waals surface area contributed by atoms with Crippen molar-refractivity contribution in [3.63, 3.8) is 0 Å². The van der Waals surface area contributed by atoms with Crippen LogP contribution in [0, 0.1) is 13.8 Å². The minimum absolute atomic E-state index is 0.181. The molecule has 0 aliphatic heterocycles. The summed E-state index contributed by atoms with van der Waals surface area (Å²) in [6, 6.07) is 6.91. The van der Waals surface area contributed by atoms with Crippen LogP contribution in [-0.4, -0.2) is 29.6 Å². The number of carbonyl (C=O) groups is 3. The first-order valence-electron chi connectivity index (χ1n) is 8.01. The van der Waals surface area contributed by atoms with Crippen molar-refractivity contribution in [3.05, 3.63) is 59.0 Å². The molecule has 1 aromatic heterocycles. The maximum atomic E-state index is 12.0. The predicted octanol–water partition coefficient (Wildman–Crippen LogP) is 1.64. The van der Waals surface area contributed by atoms with Gasteiger partial charge in [0.15, 0.2) is 6.04 Å². The van der Waals surface area contributed by atoms with Gasteiger partial charge in [0.25, 0.3) is 0 Å². The van der Waals surface area contributed by atoms with E-state index in [1.165, 1.54) is 6.26 Å². The molecule has 1 aromatic carbocycles. The molecule has 1 atom stereocenters. The lowest BCUT2D eigenvalue weighted by Crippen LogP contribution is -2.44. The molecule has 26 heavy (non-hydrogen) atoms. The zero-order chi connectivity index (χ0) is 19.1. The molecule has 0 saturated carbocycles. The lowest BCUT2D eigenvalue weighted by molar-refractivity contribution is -0.141. The van der Waals surface area contributed by atoms with Crippen molar-refractivity contribution >= 4 is 17.9 Å². The largest absolute Gasteiger partial charge is 0.479 e. The number of carboxylic acids is 1. The van der Waals surface area contributed by atoms with Crippen LogP contribution in [0.1, 0.15) is 28.5 Å². The molecule has 1 heterocycles. The highest BCUT2D eigenvalue weighted by atomic mass is 16.4. The molecule has 4 N–H and O–H groups in total. The SMILES string of the molecule is Cc1cccc(C(NC(=O)CNC(=O)NCc2ccco2)C(=O)O)c1C. The van der Waals surface area contributed by atoms with Gasteiger partial charge in [0, 0.05) is 0 Å². The Morgan fingerprint density at radius 2 is 1.88 bits per heavy atom. The van der Waals surface area contributed by atoms with E-state index in [1.807, 2.05) is 13.0 Å². The summed E-state index contributed by atoms with van der Waals surface area (Å²) in [4.78, 5) is 35.2. The Morgan fingerprint density at radius 1 is 1.12 bits per heavy atom. The lowest BCUT2D eigenvalue weighted by Gasteiger charge is -2.18. The van der Waals surface area contributed by atoms with Crippen molar-refractivity contribution in [3.8, 4) is 0 Å². The third-order valence-corrected chi connectivity index (χ3v) is 3.92. The van der Waals surface area contributed by atoms with Crippen LogP contribution in [0.15, 0.2) is 41.0 Å². The van der Waals surface area contributed by atoms with Gasteiger partial charge < -0.3 is 25.5 Å². The van der Waals surface area contributed by atoms with Gasteiger partial charge in [-0.3, -0.25) is 4.79 Å². The standard InChI is InChI=1S/C18H21N3O5/c1-11-5-3-7-14(12(11)2)16(17(23)24)21-15(22)10-20-18(25)19-9-13-6-4-8-26-13/h3-8,16H,9-10H2,1-2H3,(H,21,22)(H,23,24)(H2,19,20,25). The lowest BCUT2D eigenvalue weighted by atomic mass is 9.97. The van der Waals surface area contributed by atoms with E-state index in [0.717, 1.165) is 11.1 Å². The van der Waals surface area contributed by atoms with E-state index in [0.29, 0.717) is 11.3 Å². The summed E-state index contributed by atoms with van der Waals surface area (Å²) in [6.45, 7) is 3.50. The maximum Gasteiger partial charge on any atom is 0.330 e. The van der Waals surface area contributed by atoms with E-state index in [-0.39, 0.29) is 13.1 Å². The van der Waals surface area contributed by atoms with E-state index < -0.39 is 23.9 Å². The summed E-state index contributed by atoms with van der Waals surface area (Å²) in [7, 11) is 0. The molecule has 138 valence electrons. The minimum atomic E-state index is -1.18. The van der Waals surface area contributed by atoms with Crippen LogP contribution in [-0.2, 0) is 16.1 Å². The molecule has 3 amide bonds. The second kappa shape index (κ2) is 8.70. The number of hydrogen-bond acceptors (Lipinski definition) is 4. The summed E-state index contributed by atoms with van der Waals surface area (Å²) < 4.78 is 5.07. The molecule has 8 heteroatoms. The zero-order valence-corrected chi connectivity index (χ0v) is 14.5. The first-order valence-corrected chi connectivity index (χ1v) is 8.01. The zero-order valence-electron chi connectivity index (χ0n) is 14.5. The predicted molar refractivity (Wildman–Crippen MR) is 93.4 cm³/mol. The molecular formula is C18H21N3O5. The van der Waals surface area contributed by atoms with Crippen LogP contribution in [0.4, 0.5) is 4.79 Å². The van der Waals surface area contributed by atoms with E-state index in [1.54, 1.807) is 31.2 Å². The van der Waals surface area contributed by atoms with Gasteiger partial charge in [0.2, 0.25) is 5.91 Å². The number of amides is 3. The Hall–Kier alpha value is -3.29. The Labute approximate surface area is 150 Å². The maximum absolute atomic E-state index is 12.0. The highest BCUT2D eigenvalue weighted by molar-refractivity contribution is 5.88. The number of rotatable bonds is 7. The average Bonchev–Trinajstić information content (AvgIpc) is 3.12. The van der Waals surface area contributed by atoms with Crippen LogP contribution < -0.4 is 16.0 Å². The molecule has 0 bridgehead atoms. The van der Waals surface area contributed by atoms with Crippen molar-refractivity contribution in [1.82, 2.24) is 16.0 Å². The molecule has 0 aliphatic rings. The number of hydrogen-bond donors (Lipinski definition) is 4. The number of aryl methyl sites for hydroxylation is 1. The molecule has 1 unspecified atom stereocenters. The fourth-order valence-electron chi connectivity index (χ4n) is 2.37. The number of nitrogens with one attached hydrogen (secondary N) is 3. The monoisotopic (exact) mass is 359 g/mol. The molecule has 2 aromatic rings. The van der Waals surface area contributed by atoms with E-state index in [9.17, 15) is 19.5 Å². The van der Waals surface area contributed by atoms with Crippen LogP contribution in [0.2, 0.25) is 0 Å². The van der Waals surface area contributed by atoms with Crippen LogP contribution >= 0.6 is 0 Å². The summed E-state index contributed by atoms with van der Waals surface area (Å²) >= 11 is 0. The Bertz CT molecular complexity index is 786. The highest BCUT2D eigenvalue weighted by Crippen LogP contribution is 2.20. The molecular weight excluding hydrogens is 338 g/mol. The Morgan fingerprint density at radius 3 is 2.54 bits per heavy atom. The molecule has 2 rings (SSSR count). The van der Waals surface area contributed by atoms with Crippen molar-refractivity contribution in [2.45, 2.75) is 26.4 Å². The summed E-state index contributed by atoms with van der Waals surface area (Å²) in [6.07, 6.45) is 1.49. The summed E-state index contributed by atoms with van der Waals surface area (Å²) in [5, 5.41) is 16.8. The third-order valence-electron chi connectivity index (χ3n) is 3.92. The fourth-order valence-corrected chi connectivity index (χ4v) is 2.37. The number of carboxylic acid groups (broad SMARTS) is 1. The van der Waals surface area contributed by atoms with Crippen molar-refractivity contribution in [2.24, 2.45) is 0 Å². The molecule has 0 spiro atoms. The van der Waals surface area contributed by atoms with Crippen molar-refractivity contribution < 1.29 is 23.9 Å². The molecule has 8 nitrogen and oxygen atoms in total. The fraction of sp³-hybridized carbons (Fsp3) is 0.278. The summed E-state index contributed by atoms with van der Waals surface area (Å²) in [5.74, 6) is -1.20. The van der Waals surface area contributed by atoms with Gasteiger partial charge >= 0.3 is 12.0 Å². The number of furan rings is 1. The molecule has 0 aliphatic carbocycles. The molecule has 0 saturated heterocycles. The van der Waals surface area contributed by atoms with Gasteiger partial charge in [-0.15, -0.1) is 0 Å². The minimum Gasteiger partial charge on any atom is -0.479 e. The van der Waals surface area contributed by atoms with Crippen molar-refractivity contribution in [1.29, 1.82) is 0 Å². The second-order valence-corrected chi connectivity index (χ2v) is 5.74. The third kappa shape index (κ3) is 5.10. The average molecular weight is 359 g/mol. The van der Waals surface area contributed by atoms with Gasteiger partial charge in [0.05, 0.1) is 19.4 Å². The highest BCUT2D eigenvalue weighted by Gasteiger charge is 2.24. The number of urea groups is 1. The first kappa shape index (κ1) is 19.0. The van der Waals surface area contributed by atoms with Gasteiger partial charge in [-0.2, -0.15) is 0 Å². The van der Waals surface area contributed by atoms with Gasteiger partial charge in [-0.1, -0.05) is 18.2 Å². The summed E-state index contributed by atoms with van der Waals surface area (Å²) in [5.41, 5.74) is 2.23. The second-order valence-electron chi connectivity index (χ2n) is 5.74. The Balaban J connectivity index is 1.88. The first-order chi connectivity index (χ1) is 12.4. The van der Waals surface area contributed by atoms with Crippen LogP contribution in [0.3, 0.4) is 0 Å². The van der Waals surface area contributed by atoms with E-state index in [2.05, 4.69) is 16.0 Å². The van der Waals surface area contributed by atoms with Crippen LogP contribution in [0.25, 0.3) is 0 Å². The number of aliphatic carboxylic acids is 1. The topological polar surface area (TPSA) is 121 Å². The van der Waals surface area contributed by atoms with E-state index >= 15 is 0 Å². The van der Waals surface area contributed by atoms with E-state index in [4.69, 9.17) is 4.42 Å².